The second-order valence-electron chi connectivity index (χ2n) is 3.92. The highest BCUT2D eigenvalue weighted by atomic mass is 16.3. The van der Waals surface area contributed by atoms with E-state index in [2.05, 4.69) is 9.97 Å². The summed E-state index contributed by atoms with van der Waals surface area (Å²) in [5.74, 6) is 0.818. The Kier molecular flexibility index (Phi) is 2.51. The van der Waals surface area contributed by atoms with Gasteiger partial charge in [-0.1, -0.05) is 38.1 Å². The molecule has 0 radical (unpaired) electrons. The second kappa shape index (κ2) is 4.31. The van der Waals surface area contributed by atoms with E-state index in [1.54, 1.807) is 6.07 Å². The molecule has 2 rings (SSSR count). The number of hydrogen-bond donors (Lipinski definition) is 1. The molecule has 82 valence electrons. The van der Waals surface area contributed by atoms with Crippen molar-refractivity contribution in [2.24, 2.45) is 0 Å². The van der Waals surface area contributed by atoms with Crippen LogP contribution in [0.4, 0.5) is 0 Å². The van der Waals surface area contributed by atoms with Crippen molar-refractivity contribution >= 4 is 0 Å². The Bertz CT molecular complexity index is 523. The first-order valence-corrected chi connectivity index (χ1v) is 5.20. The molecule has 1 N–H and O–H groups in total. The fourth-order valence-corrected chi connectivity index (χ4v) is 1.58. The van der Waals surface area contributed by atoms with Gasteiger partial charge in [0.1, 0.15) is 0 Å². The van der Waals surface area contributed by atoms with Crippen LogP contribution in [0.25, 0.3) is 11.4 Å². The van der Waals surface area contributed by atoms with E-state index >= 15 is 0 Å². The third kappa shape index (κ3) is 2.03. The molecule has 0 atom stereocenters. The summed E-state index contributed by atoms with van der Waals surface area (Å²) in [7, 11) is 0. The molecule has 0 aliphatic carbocycles. The molecule has 0 fully saturated rings. The Hall–Kier alpha value is -1.90. The topological polar surface area (TPSA) is 46.0 Å². The van der Waals surface area contributed by atoms with Crippen LogP contribution in [-0.2, 0) is 0 Å². The molecule has 16 heavy (non-hydrogen) atoms. The Balaban J connectivity index is 2.59. The fraction of sp³-hybridized carbons (Fsp3) is 0.231. The lowest BCUT2D eigenvalue weighted by molar-refractivity contribution is 0.470. The standard InChI is InChI=1S/C13H14N2O/c1-9(2)11-5-3-4-6-12(11)13-14-7-10(16)8-15-13/h3-9,16H,1-2H3/i5D. The van der Waals surface area contributed by atoms with E-state index in [-0.39, 0.29) is 11.7 Å². The zero-order valence-electron chi connectivity index (χ0n) is 10.3. The maximum atomic E-state index is 9.17. The molecule has 0 unspecified atom stereocenters. The first-order valence-electron chi connectivity index (χ1n) is 5.70. The molecule has 3 heteroatoms. The lowest BCUT2D eigenvalue weighted by Gasteiger charge is -2.10. The second-order valence-corrected chi connectivity index (χ2v) is 3.92. The number of nitrogens with zero attached hydrogens (tertiary/aromatic N) is 2. The van der Waals surface area contributed by atoms with Crippen molar-refractivity contribution in [3.05, 3.63) is 42.2 Å². The quantitative estimate of drug-likeness (QED) is 0.837. The highest BCUT2D eigenvalue weighted by Gasteiger charge is 2.09. The van der Waals surface area contributed by atoms with E-state index in [0.717, 1.165) is 11.1 Å². The number of benzene rings is 1. The maximum absolute atomic E-state index is 9.17. The summed E-state index contributed by atoms with van der Waals surface area (Å²) in [4.78, 5) is 8.18. The highest BCUT2D eigenvalue weighted by molar-refractivity contribution is 5.60. The molecule has 0 saturated carbocycles. The molecule has 1 heterocycles. The van der Waals surface area contributed by atoms with Gasteiger partial charge in [-0.3, -0.25) is 0 Å². The molecular weight excluding hydrogens is 200 g/mol. The monoisotopic (exact) mass is 215 g/mol. The molecule has 1 aromatic heterocycles. The van der Waals surface area contributed by atoms with Gasteiger partial charge < -0.3 is 5.11 Å². The van der Waals surface area contributed by atoms with Crippen LogP contribution in [0.3, 0.4) is 0 Å². The SMILES string of the molecule is [2H]c1cccc(-c2ncc(O)cn2)c1C(C)C. The summed E-state index contributed by atoms with van der Waals surface area (Å²) < 4.78 is 7.93. The molecule has 0 bridgehead atoms. The smallest absolute Gasteiger partial charge is 0.159 e. The predicted molar refractivity (Wildman–Crippen MR) is 63.2 cm³/mol. The molecule has 0 saturated heterocycles. The van der Waals surface area contributed by atoms with Gasteiger partial charge in [0, 0.05) is 5.56 Å². The lowest BCUT2D eigenvalue weighted by atomic mass is 9.97. The van der Waals surface area contributed by atoms with Crippen LogP contribution in [0.15, 0.2) is 36.6 Å². The van der Waals surface area contributed by atoms with Crippen molar-refractivity contribution in [1.29, 1.82) is 0 Å². The van der Waals surface area contributed by atoms with Crippen LogP contribution in [0, 0.1) is 0 Å². The molecule has 0 spiro atoms. The van der Waals surface area contributed by atoms with Gasteiger partial charge in [0.25, 0.3) is 0 Å². The van der Waals surface area contributed by atoms with Crippen molar-refractivity contribution in [3.8, 4) is 17.1 Å². The van der Waals surface area contributed by atoms with Gasteiger partial charge in [0.05, 0.1) is 13.8 Å². The number of aromatic nitrogens is 2. The average Bonchev–Trinajstić information content (AvgIpc) is 2.29. The van der Waals surface area contributed by atoms with E-state index in [1.807, 2.05) is 26.0 Å². The van der Waals surface area contributed by atoms with Crippen LogP contribution in [0.5, 0.6) is 5.75 Å². The van der Waals surface area contributed by atoms with Crippen LogP contribution < -0.4 is 0 Å². The number of rotatable bonds is 2. The molecular formula is C13H14N2O. The van der Waals surface area contributed by atoms with Gasteiger partial charge in [-0.05, 0) is 11.5 Å². The van der Waals surface area contributed by atoms with Crippen LogP contribution >= 0.6 is 0 Å². The Morgan fingerprint density at radius 3 is 2.56 bits per heavy atom. The minimum Gasteiger partial charge on any atom is -0.505 e. The third-order valence-corrected chi connectivity index (χ3v) is 2.34. The van der Waals surface area contributed by atoms with Gasteiger partial charge in [-0.2, -0.15) is 0 Å². The number of aromatic hydroxyl groups is 1. The third-order valence-electron chi connectivity index (χ3n) is 2.34. The molecule has 2 aromatic rings. The summed E-state index contributed by atoms with van der Waals surface area (Å²) in [6, 6.07) is 5.98. The lowest BCUT2D eigenvalue weighted by Crippen LogP contribution is -1.95. The van der Waals surface area contributed by atoms with Crippen LogP contribution in [-0.4, -0.2) is 15.1 Å². The normalized spacial score (nSPS) is 11.6. The zero-order valence-corrected chi connectivity index (χ0v) is 9.31. The van der Waals surface area contributed by atoms with E-state index in [0.29, 0.717) is 11.9 Å². The summed E-state index contributed by atoms with van der Waals surface area (Å²) in [5.41, 5.74) is 1.78. The predicted octanol–water partition coefficient (Wildman–Crippen LogP) is 2.97. The van der Waals surface area contributed by atoms with Crippen molar-refractivity contribution in [3.63, 3.8) is 0 Å². The molecule has 0 amide bonds. The summed E-state index contributed by atoms with van der Waals surface area (Å²) in [6.45, 7) is 4.08. The minimum absolute atomic E-state index is 0.0434. The van der Waals surface area contributed by atoms with Gasteiger partial charge in [-0.25, -0.2) is 9.97 Å². The van der Waals surface area contributed by atoms with Gasteiger partial charge in [0.15, 0.2) is 11.6 Å². The minimum atomic E-state index is 0.0434. The van der Waals surface area contributed by atoms with Crippen LogP contribution in [0.1, 0.15) is 26.7 Å². The first kappa shape index (κ1) is 9.33. The van der Waals surface area contributed by atoms with Crippen molar-refractivity contribution in [2.75, 3.05) is 0 Å². The average molecular weight is 215 g/mol. The molecule has 3 nitrogen and oxygen atoms in total. The Morgan fingerprint density at radius 2 is 1.94 bits per heavy atom. The van der Waals surface area contributed by atoms with E-state index in [1.165, 1.54) is 12.4 Å². The van der Waals surface area contributed by atoms with Gasteiger partial charge in [-0.15, -0.1) is 0 Å². The molecule has 1 aromatic carbocycles. The largest absolute Gasteiger partial charge is 0.505 e. The summed E-state index contributed by atoms with van der Waals surface area (Å²) in [5, 5.41) is 9.17. The van der Waals surface area contributed by atoms with Crippen molar-refractivity contribution in [2.45, 2.75) is 19.8 Å². The first-order chi connectivity index (χ1) is 8.09. The maximum Gasteiger partial charge on any atom is 0.159 e. The van der Waals surface area contributed by atoms with Crippen molar-refractivity contribution in [1.82, 2.24) is 9.97 Å². The Morgan fingerprint density at radius 1 is 1.25 bits per heavy atom. The highest BCUT2D eigenvalue weighted by Crippen LogP contribution is 2.26. The summed E-state index contributed by atoms with van der Waals surface area (Å²) in [6.07, 6.45) is 2.73. The van der Waals surface area contributed by atoms with Crippen molar-refractivity contribution < 1.29 is 6.48 Å². The van der Waals surface area contributed by atoms with E-state index in [9.17, 15) is 5.11 Å². The molecule has 0 aliphatic heterocycles. The molecule has 0 aliphatic rings. The fourth-order valence-electron chi connectivity index (χ4n) is 1.58. The number of hydrogen-bond acceptors (Lipinski definition) is 3. The summed E-state index contributed by atoms with van der Waals surface area (Å²) >= 11 is 0. The van der Waals surface area contributed by atoms with E-state index in [4.69, 9.17) is 1.37 Å². The van der Waals surface area contributed by atoms with Gasteiger partial charge >= 0.3 is 0 Å². The zero-order chi connectivity index (χ0) is 12.4. The van der Waals surface area contributed by atoms with Crippen LogP contribution in [0.2, 0.25) is 0 Å². The van der Waals surface area contributed by atoms with Gasteiger partial charge in [0.2, 0.25) is 0 Å². The van der Waals surface area contributed by atoms with E-state index < -0.39 is 0 Å². The Labute approximate surface area is 96.2 Å².